The number of ether oxygens (including phenoxy) is 1. The molecule has 1 aliphatic rings. The van der Waals surface area contributed by atoms with E-state index in [0.29, 0.717) is 30.4 Å². The summed E-state index contributed by atoms with van der Waals surface area (Å²) in [4.78, 5) is 37.6. The molecule has 0 bridgehead atoms. The number of hydrogen-bond donors (Lipinski definition) is 2. The van der Waals surface area contributed by atoms with Crippen molar-refractivity contribution in [2.75, 3.05) is 26.2 Å². The number of aryl methyl sites for hydroxylation is 2. The SMILES string of the molecule is Cc1cc(OCC(=O)NCCNC(=O)C2CC(=O)N(C(C)C)C2)cc(C)c1Cl. The van der Waals surface area contributed by atoms with Gasteiger partial charge in [0.15, 0.2) is 6.61 Å². The minimum absolute atomic E-state index is 0.00766. The Hall–Kier alpha value is -2.28. The van der Waals surface area contributed by atoms with Crippen molar-refractivity contribution in [3.63, 3.8) is 0 Å². The number of carbonyl (C=O) groups is 3. The van der Waals surface area contributed by atoms with Crippen molar-refractivity contribution in [2.45, 2.75) is 40.2 Å². The zero-order chi connectivity index (χ0) is 20.8. The Morgan fingerprint density at radius 2 is 1.82 bits per heavy atom. The van der Waals surface area contributed by atoms with Crippen LogP contribution in [0.25, 0.3) is 0 Å². The average molecular weight is 410 g/mol. The highest BCUT2D eigenvalue weighted by Gasteiger charge is 2.35. The van der Waals surface area contributed by atoms with Gasteiger partial charge in [-0.3, -0.25) is 14.4 Å². The first-order valence-corrected chi connectivity index (χ1v) is 9.80. The zero-order valence-electron chi connectivity index (χ0n) is 16.8. The first-order chi connectivity index (χ1) is 13.2. The smallest absolute Gasteiger partial charge is 0.258 e. The normalized spacial score (nSPS) is 16.4. The maximum absolute atomic E-state index is 12.2. The molecule has 1 saturated heterocycles. The quantitative estimate of drug-likeness (QED) is 0.641. The van der Waals surface area contributed by atoms with Crippen LogP contribution in [0.3, 0.4) is 0 Å². The number of nitrogens with zero attached hydrogens (tertiary/aromatic N) is 1. The van der Waals surface area contributed by atoms with E-state index in [4.69, 9.17) is 16.3 Å². The second-order valence-corrected chi connectivity index (χ2v) is 7.72. The average Bonchev–Trinajstić information content (AvgIpc) is 3.03. The molecule has 1 aromatic carbocycles. The minimum atomic E-state index is -0.328. The molecule has 1 atom stereocenters. The van der Waals surface area contributed by atoms with Gasteiger partial charge in [-0.15, -0.1) is 0 Å². The van der Waals surface area contributed by atoms with Crippen LogP contribution in [0.5, 0.6) is 5.75 Å². The summed E-state index contributed by atoms with van der Waals surface area (Å²) < 4.78 is 5.49. The number of benzene rings is 1. The van der Waals surface area contributed by atoms with Crippen molar-refractivity contribution < 1.29 is 19.1 Å². The summed E-state index contributed by atoms with van der Waals surface area (Å²) in [6.45, 7) is 8.55. The van der Waals surface area contributed by atoms with Gasteiger partial charge >= 0.3 is 0 Å². The molecule has 2 rings (SSSR count). The van der Waals surface area contributed by atoms with Gasteiger partial charge in [0.05, 0.1) is 5.92 Å². The van der Waals surface area contributed by atoms with Gasteiger partial charge in [0.25, 0.3) is 5.91 Å². The van der Waals surface area contributed by atoms with Crippen molar-refractivity contribution in [3.05, 3.63) is 28.3 Å². The van der Waals surface area contributed by atoms with Crippen LogP contribution in [0.4, 0.5) is 0 Å². The van der Waals surface area contributed by atoms with E-state index in [1.165, 1.54) is 0 Å². The van der Waals surface area contributed by atoms with Gasteiger partial charge in [0.1, 0.15) is 5.75 Å². The molecule has 1 fully saturated rings. The Balaban J connectivity index is 1.66. The van der Waals surface area contributed by atoms with Crippen molar-refractivity contribution in [1.29, 1.82) is 0 Å². The molecule has 28 heavy (non-hydrogen) atoms. The van der Waals surface area contributed by atoms with Gasteiger partial charge in [-0.2, -0.15) is 0 Å². The van der Waals surface area contributed by atoms with Crippen molar-refractivity contribution in [2.24, 2.45) is 5.92 Å². The van der Waals surface area contributed by atoms with Gasteiger partial charge < -0.3 is 20.3 Å². The van der Waals surface area contributed by atoms with E-state index in [1.807, 2.05) is 27.7 Å². The summed E-state index contributed by atoms with van der Waals surface area (Å²) in [5.41, 5.74) is 1.78. The van der Waals surface area contributed by atoms with Crippen LogP contribution in [0.2, 0.25) is 5.02 Å². The van der Waals surface area contributed by atoms with E-state index in [2.05, 4.69) is 10.6 Å². The van der Waals surface area contributed by atoms with Gasteiger partial charge in [-0.05, 0) is 51.0 Å². The molecule has 1 aliphatic heterocycles. The second kappa shape index (κ2) is 9.78. The standard InChI is InChI=1S/C20H28ClN3O4/c1-12(2)24-10-15(9-18(24)26)20(27)23-6-5-22-17(25)11-28-16-7-13(3)19(21)14(4)8-16/h7-8,12,15H,5-6,9-11H2,1-4H3,(H,22,25)(H,23,27). The Bertz CT molecular complexity index is 728. The number of rotatable bonds is 8. The zero-order valence-corrected chi connectivity index (χ0v) is 17.6. The van der Waals surface area contributed by atoms with Crippen LogP contribution in [0, 0.1) is 19.8 Å². The van der Waals surface area contributed by atoms with Gasteiger partial charge in [0, 0.05) is 37.1 Å². The van der Waals surface area contributed by atoms with Crippen LogP contribution in [0.15, 0.2) is 12.1 Å². The molecule has 0 radical (unpaired) electrons. The third-order valence-electron chi connectivity index (χ3n) is 4.68. The molecule has 8 heteroatoms. The summed E-state index contributed by atoms with van der Waals surface area (Å²) in [7, 11) is 0. The molecule has 0 saturated carbocycles. The Morgan fingerprint density at radius 1 is 1.21 bits per heavy atom. The first kappa shape index (κ1) is 22.0. The molecule has 0 aromatic heterocycles. The number of likely N-dealkylation sites (tertiary alicyclic amines) is 1. The van der Waals surface area contributed by atoms with E-state index >= 15 is 0 Å². The molecule has 7 nitrogen and oxygen atoms in total. The fourth-order valence-corrected chi connectivity index (χ4v) is 3.24. The first-order valence-electron chi connectivity index (χ1n) is 9.42. The largest absolute Gasteiger partial charge is 0.484 e. The molecular weight excluding hydrogens is 382 g/mol. The Morgan fingerprint density at radius 3 is 2.39 bits per heavy atom. The van der Waals surface area contributed by atoms with E-state index in [9.17, 15) is 14.4 Å². The highest BCUT2D eigenvalue weighted by Crippen LogP contribution is 2.25. The van der Waals surface area contributed by atoms with Crippen LogP contribution in [-0.4, -0.2) is 54.9 Å². The Kier molecular flexibility index (Phi) is 7.69. The number of amides is 3. The van der Waals surface area contributed by atoms with Crippen molar-refractivity contribution in [3.8, 4) is 5.75 Å². The predicted molar refractivity (Wildman–Crippen MR) is 107 cm³/mol. The monoisotopic (exact) mass is 409 g/mol. The minimum Gasteiger partial charge on any atom is -0.484 e. The predicted octanol–water partition coefficient (Wildman–Crippen LogP) is 1.82. The summed E-state index contributed by atoms with van der Waals surface area (Å²) in [6, 6.07) is 3.66. The third kappa shape index (κ3) is 5.86. The van der Waals surface area contributed by atoms with Crippen LogP contribution in [0.1, 0.15) is 31.4 Å². The van der Waals surface area contributed by atoms with E-state index in [1.54, 1.807) is 17.0 Å². The number of halogens is 1. The molecule has 2 N–H and O–H groups in total. The fraction of sp³-hybridized carbons (Fsp3) is 0.550. The lowest BCUT2D eigenvalue weighted by Gasteiger charge is -2.20. The van der Waals surface area contributed by atoms with Crippen molar-refractivity contribution >= 4 is 29.3 Å². The van der Waals surface area contributed by atoms with Gasteiger partial charge in [-0.25, -0.2) is 0 Å². The highest BCUT2D eigenvalue weighted by molar-refractivity contribution is 6.32. The lowest BCUT2D eigenvalue weighted by atomic mass is 10.1. The number of nitrogens with one attached hydrogen (secondary N) is 2. The van der Waals surface area contributed by atoms with Gasteiger partial charge in [0.2, 0.25) is 11.8 Å². The summed E-state index contributed by atoms with van der Waals surface area (Å²) >= 11 is 6.11. The van der Waals surface area contributed by atoms with E-state index in [-0.39, 0.29) is 42.7 Å². The lowest BCUT2D eigenvalue weighted by molar-refractivity contribution is -0.129. The fourth-order valence-electron chi connectivity index (χ4n) is 3.13. The number of carbonyl (C=O) groups excluding carboxylic acids is 3. The second-order valence-electron chi connectivity index (χ2n) is 7.34. The van der Waals surface area contributed by atoms with Crippen LogP contribution < -0.4 is 15.4 Å². The van der Waals surface area contributed by atoms with E-state index < -0.39 is 0 Å². The molecule has 3 amide bonds. The topological polar surface area (TPSA) is 87.7 Å². The maximum Gasteiger partial charge on any atom is 0.258 e. The molecule has 1 unspecified atom stereocenters. The third-order valence-corrected chi connectivity index (χ3v) is 5.28. The lowest BCUT2D eigenvalue weighted by Crippen LogP contribution is -2.40. The molecule has 0 aliphatic carbocycles. The van der Waals surface area contributed by atoms with Crippen LogP contribution in [-0.2, 0) is 14.4 Å². The molecule has 154 valence electrons. The summed E-state index contributed by atoms with van der Waals surface area (Å²) in [5.74, 6) is -0.169. The molecule has 0 spiro atoms. The number of hydrogen-bond acceptors (Lipinski definition) is 4. The molecular formula is C20H28ClN3O4. The van der Waals surface area contributed by atoms with Gasteiger partial charge in [-0.1, -0.05) is 11.6 Å². The molecule has 1 aromatic rings. The highest BCUT2D eigenvalue weighted by atomic mass is 35.5. The summed E-state index contributed by atoms with van der Waals surface area (Å²) in [5, 5.41) is 6.15. The Labute approximate surface area is 170 Å². The maximum atomic E-state index is 12.2. The summed E-state index contributed by atoms with van der Waals surface area (Å²) in [6.07, 6.45) is 0.240. The molecule has 1 heterocycles. The van der Waals surface area contributed by atoms with Crippen molar-refractivity contribution in [1.82, 2.24) is 15.5 Å². The van der Waals surface area contributed by atoms with Crippen LogP contribution >= 0.6 is 11.6 Å². The van der Waals surface area contributed by atoms with E-state index in [0.717, 1.165) is 11.1 Å².